The summed E-state index contributed by atoms with van der Waals surface area (Å²) in [4.78, 5) is 0. The molecule has 5 nitrogen and oxygen atoms in total. The molecule has 0 atom stereocenters. The largest absolute Gasteiger partial charge is 0.483 e. The number of thioether (sulfide) groups is 1. The van der Waals surface area contributed by atoms with Crippen LogP contribution in [0.3, 0.4) is 0 Å². The number of aromatic nitrogens is 3. The molecular weight excluding hydrogens is 305 g/mol. The van der Waals surface area contributed by atoms with Crippen molar-refractivity contribution in [3.63, 3.8) is 0 Å². The third kappa shape index (κ3) is 4.32. The number of hydrogen-bond acceptors (Lipinski definition) is 5. The number of hydrogen-bond donors (Lipinski definition) is 0. The fourth-order valence-corrected chi connectivity index (χ4v) is 2.63. The molecule has 0 amide bonds. The Labute approximate surface area is 133 Å². The smallest absolute Gasteiger partial charge is 0.191 e. The van der Waals surface area contributed by atoms with Gasteiger partial charge in [-0.2, -0.15) is 0 Å². The van der Waals surface area contributed by atoms with Gasteiger partial charge in [0.25, 0.3) is 0 Å². The molecule has 2 aromatic rings. The zero-order chi connectivity index (χ0) is 15.8. The normalized spacial score (nSPS) is 10.6. The summed E-state index contributed by atoms with van der Waals surface area (Å²) < 4.78 is 26.0. The average molecular weight is 323 g/mol. The summed E-state index contributed by atoms with van der Waals surface area (Å²) in [5, 5.41) is 9.02. The summed E-state index contributed by atoms with van der Waals surface area (Å²) in [6.45, 7) is 5.08. The van der Waals surface area contributed by atoms with E-state index in [-0.39, 0.29) is 12.4 Å². The van der Waals surface area contributed by atoms with Gasteiger partial charge in [-0.25, -0.2) is 4.39 Å². The summed E-state index contributed by atoms with van der Waals surface area (Å²) in [7, 11) is 1.66. The highest BCUT2D eigenvalue weighted by atomic mass is 32.2. The van der Waals surface area contributed by atoms with E-state index in [9.17, 15) is 4.39 Å². The van der Waals surface area contributed by atoms with Gasteiger partial charge >= 0.3 is 0 Å². The summed E-state index contributed by atoms with van der Waals surface area (Å²) in [6.07, 6.45) is 1.76. The van der Waals surface area contributed by atoms with E-state index in [1.165, 1.54) is 6.07 Å². The highest BCUT2D eigenvalue weighted by Crippen LogP contribution is 2.20. The Kier molecular flexibility index (Phi) is 6.42. The third-order valence-electron chi connectivity index (χ3n) is 2.82. The van der Waals surface area contributed by atoms with Gasteiger partial charge in [-0.1, -0.05) is 30.0 Å². The minimum absolute atomic E-state index is 0.145. The molecule has 0 saturated heterocycles. The molecule has 0 spiro atoms. The average Bonchev–Trinajstić information content (AvgIpc) is 2.90. The molecule has 118 valence electrons. The maximum Gasteiger partial charge on any atom is 0.191 e. The number of halogens is 1. The number of ether oxygens (including phenoxy) is 2. The predicted octanol–water partition coefficient (Wildman–Crippen LogP) is 2.92. The third-order valence-corrected chi connectivity index (χ3v) is 3.75. The number of methoxy groups -OCH3 is 1. The minimum atomic E-state index is -0.396. The lowest BCUT2D eigenvalue weighted by molar-refractivity contribution is 0.218. The molecule has 22 heavy (non-hydrogen) atoms. The lowest BCUT2D eigenvalue weighted by Crippen LogP contribution is -2.08. The van der Waals surface area contributed by atoms with Crippen LogP contribution in [0.2, 0.25) is 0 Å². The van der Waals surface area contributed by atoms with Crippen molar-refractivity contribution in [2.24, 2.45) is 0 Å². The summed E-state index contributed by atoms with van der Waals surface area (Å²) in [6, 6.07) is 6.28. The van der Waals surface area contributed by atoms with Gasteiger partial charge in [-0.15, -0.1) is 16.8 Å². The molecule has 1 heterocycles. The van der Waals surface area contributed by atoms with Crippen LogP contribution in [0.4, 0.5) is 4.39 Å². The molecule has 0 fully saturated rings. The van der Waals surface area contributed by atoms with Crippen LogP contribution in [0, 0.1) is 5.82 Å². The van der Waals surface area contributed by atoms with E-state index in [4.69, 9.17) is 9.47 Å². The Bertz CT molecular complexity index is 619. The van der Waals surface area contributed by atoms with Gasteiger partial charge in [0.05, 0.1) is 6.61 Å². The van der Waals surface area contributed by atoms with Crippen LogP contribution in [-0.4, -0.2) is 34.2 Å². The van der Waals surface area contributed by atoms with Crippen molar-refractivity contribution in [1.29, 1.82) is 0 Å². The van der Waals surface area contributed by atoms with Crippen LogP contribution in [-0.2, 0) is 17.9 Å². The van der Waals surface area contributed by atoms with Crippen molar-refractivity contribution in [2.45, 2.75) is 18.3 Å². The maximum absolute atomic E-state index is 13.5. The van der Waals surface area contributed by atoms with E-state index >= 15 is 0 Å². The Morgan fingerprint density at radius 3 is 2.91 bits per heavy atom. The van der Waals surface area contributed by atoms with Gasteiger partial charge in [0.2, 0.25) is 0 Å². The first kappa shape index (κ1) is 16.5. The fourth-order valence-electron chi connectivity index (χ4n) is 1.77. The van der Waals surface area contributed by atoms with E-state index < -0.39 is 5.82 Å². The second-order valence-corrected chi connectivity index (χ2v) is 5.42. The van der Waals surface area contributed by atoms with Crippen LogP contribution in [0.5, 0.6) is 5.75 Å². The van der Waals surface area contributed by atoms with Crippen LogP contribution in [0.25, 0.3) is 0 Å². The molecule has 0 radical (unpaired) electrons. The quantitative estimate of drug-likeness (QED) is 0.403. The SMILES string of the molecule is C=CCn1c(COc2ccccc2F)nnc1SCCOC. The number of para-hydroxylation sites is 1. The standard InChI is InChI=1S/C15H18FN3O2S/c1-3-8-19-14(17-18-15(19)22-10-9-20-2)11-21-13-7-5-4-6-12(13)16/h3-7H,1,8-11H2,2H3. The van der Waals surface area contributed by atoms with Crippen molar-refractivity contribution >= 4 is 11.8 Å². The van der Waals surface area contributed by atoms with Crippen molar-refractivity contribution in [2.75, 3.05) is 19.5 Å². The van der Waals surface area contributed by atoms with Gasteiger partial charge in [-0.05, 0) is 12.1 Å². The summed E-state index contributed by atoms with van der Waals surface area (Å²) in [5.74, 6) is 1.21. The monoisotopic (exact) mass is 323 g/mol. The molecule has 0 aliphatic rings. The number of benzene rings is 1. The topological polar surface area (TPSA) is 49.2 Å². The van der Waals surface area contributed by atoms with Crippen molar-refractivity contribution in [3.8, 4) is 5.75 Å². The van der Waals surface area contributed by atoms with Crippen molar-refractivity contribution in [3.05, 3.63) is 48.6 Å². The van der Waals surface area contributed by atoms with Crippen LogP contribution in [0.15, 0.2) is 42.1 Å². The van der Waals surface area contributed by atoms with E-state index in [0.717, 1.165) is 10.9 Å². The van der Waals surface area contributed by atoms with Gasteiger partial charge in [0.1, 0.15) is 6.61 Å². The Balaban J connectivity index is 2.06. The Hall–Kier alpha value is -1.86. The van der Waals surface area contributed by atoms with Gasteiger partial charge in [0.15, 0.2) is 22.5 Å². The van der Waals surface area contributed by atoms with Gasteiger partial charge in [-0.3, -0.25) is 4.57 Å². The molecule has 0 N–H and O–H groups in total. The number of rotatable bonds is 9. The molecule has 7 heteroatoms. The zero-order valence-corrected chi connectivity index (χ0v) is 13.2. The molecular formula is C15H18FN3O2S. The Morgan fingerprint density at radius 2 is 2.18 bits per heavy atom. The maximum atomic E-state index is 13.5. The first-order valence-electron chi connectivity index (χ1n) is 6.78. The minimum Gasteiger partial charge on any atom is -0.483 e. The molecule has 0 saturated carbocycles. The first-order chi connectivity index (χ1) is 10.8. The molecule has 0 unspecified atom stereocenters. The van der Waals surface area contributed by atoms with E-state index in [1.807, 2.05) is 4.57 Å². The second-order valence-electron chi connectivity index (χ2n) is 4.36. The molecule has 0 aliphatic heterocycles. The Morgan fingerprint density at radius 1 is 1.36 bits per heavy atom. The molecule has 0 aliphatic carbocycles. The lowest BCUT2D eigenvalue weighted by atomic mass is 10.3. The molecule has 0 bridgehead atoms. The van der Waals surface area contributed by atoms with E-state index in [0.29, 0.717) is 19.0 Å². The van der Waals surface area contributed by atoms with Crippen LogP contribution < -0.4 is 4.74 Å². The molecule has 2 rings (SSSR count). The second kappa shape index (κ2) is 8.55. The van der Waals surface area contributed by atoms with E-state index in [2.05, 4.69) is 16.8 Å². The predicted molar refractivity (Wildman–Crippen MR) is 83.6 cm³/mol. The van der Waals surface area contributed by atoms with Gasteiger partial charge in [0, 0.05) is 19.4 Å². The summed E-state index contributed by atoms with van der Waals surface area (Å²) >= 11 is 1.54. The molecule has 1 aromatic carbocycles. The number of allylic oxidation sites excluding steroid dienone is 1. The van der Waals surface area contributed by atoms with E-state index in [1.54, 1.807) is 43.1 Å². The number of nitrogens with zero attached hydrogens (tertiary/aromatic N) is 3. The highest BCUT2D eigenvalue weighted by Gasteiger charge is 2.13. The fraction of sp³-hybridized carbons (Fsp3) is 0.333. The zero-order valence-electron chi connectivity index (χ0n) is 12.4. The van der Waals surface area contributed by atoms with Crippen LogP contribution in [0.1, 0.15) is 5.82 Å². The summed E-state index contributed by atoms with van der Waals surface area (Å²) in [5.41, 5.74) is 0. The first-order valence-corrected chi connectivity index (χ1v) is 7.77. The lowest BCUT2D eigenvalue weighted by Gasteiger charge is -2.09. The molecule has 1 aromatic heterocycles. The van der Waals surface area contributed by atoms with Crippen LogP contribution >= 0.6 is 11.8 Å². The highest BCUT2D eigenvalue weighted by molar-refractivity contribution is 7.99. The van der Waals surface area contributed by atoms with Crippen molar-refractivity contribution in [1.82, 2.24) is 14.8 Å². The van der Waals surface area contributed by atoms with Gasteiger partial charge < -0.3 is 9.47 Å². The van der Waals surface area contributed by atoms with Crippen molar-refractivity contribution < 1.29 is 13.9 Å².